The summed E-state index contributed by atoms with van der Waals surface area (Å²) in [5, 5.41) is 0. The average Bonchev–Trinajstić information content (AvgIpc) is 2.90. The Morgan fingerprint density at radius 3 is 2.39 bits per heavy atom. The Morgan fingerprint density at radius 1 is 0.857 bits per heavy atom. The molecular weight excluding hydrogens is 336 g/mol. The Morgan fingerprint density at radius 2 is 1.61 bits per heavy atom. The Hall–Kier alpha value is -2.60. The number of hydrogen-bond donors (Lipinski definition) is 0. The first-order valence-corrected chi connectivity index (χ1v) is 10.5. The lowest BCUT2D eigenvalue weighted by Crippen LogP contribution is -2.06. The molecule has 0 N–H and O–H groups in total. The Labute approximate surface area is 169 Å². The average molecular weight is 367 g/mol. The number of hydrogen-bond acceptors (Lipinski definition) is 0. The third-order valence-electron chi connectivity index (χ3n) is 6.07. The van der Waals surface area contributed by atoms with Gasteiger partial charge in [-0.2, -0.15) is 0 Å². The van der Waals surface area contributed by atoms with Crippen LogP contribution in [0.4, 0.5) is 0 Å². The summed E-state index contributed by atoms with van der Waals surface area (Å²) in [4.78, 5) is 0. The number of fused-ring (bicyclic) bond motifs is 1. The number of rotatable bonds is 4. The zero-order chi connectivity index (χ0) is 19.5. The molecule has 3 aromatic carbocycles. The maximum Gasteiger partial charge on any atom is 0.00517 e. The molecule has 28 heavy (non-hydrogen) atoms. The van der Waals surface area contributed by atoms with Crippen LogP contribution < -0.4 is 0 Å². The molecule has 3 aromatic rings. The summed E-state index contributed by atoms with van der Waals surface area (Å²) in [5.41, 5.74) is 11.0. The van der Waals surface area contributed by atoms with E-state index in [1.165, 1.54) is 70.2 Å². The first-order chi connectivity index (χ1) is 13.6. The highest BCUT2D eigenvalue weighted by Crippen LogP contribution is 2.38. The van der Waals surface area contributed by atoms with Gasteiger partial charge in [-0.15, -0.1) is 0 Å². The first-order valence-electron chi connectivity index (χ1n) is 10.5. The predicted octanol–water partition coefficient (Wildman–Crippen LogP) is 7.58. The summed E-state index contributed by atoms with van der Waals surface area (Å²) >= 11 is 0. The van der Waals surface area contributed by atoms with E-state index in [0.29, 0.717) is 5.92 Å². The molecule has 4 rings (SSSR count). The van der Waals surface area contributed by atoms with Crippen LogP contribution in [0.25, 0.3) is 11.1 Å². The molecule has 0 spiro atoms. The Balaban J connectivity index is 1.68. The standard InChI is InChI=1S/C28H30/c1-20-8-6-10-23(16-20)18-22(3)27-13-5-4-11-24-14-15-26(19-28(24)27)25-12-7-9-21(2)17-25/h6-10,12,14-17,19,27H,3-5,11,13,18H2,1-2H3. The van der Waals surface area contributed by atoms with Crippen molar-refractivity contribution in [3.05, 3.63) is 107 Å². The Bertz CT molecular complexity index is 992. The minimum atomic E-state index is 0.461. The second-order valence-electron chi connectivity index (χ2n) is 8.41. The summed E-state index contributed by atoms with van der Waals surface area (Å²) in [5.74, 6) is 0.461. The van der Waals surface area contributed by atoms with Crippen molar-refractivity contribution in [2.75, 3.05) is 0 Å². The van der Waals surface area contributed by atoms with Gasteiger partial charge in [0.25, 0.3) is 0 Å². The van der Waals surface area contributed by atoms with Crippen molar-refractivity contribution < 1.29 is 0 Å². The molecule has 0 aliphatic heterocycles. The van der Waals surface area contributed by atoms with E-state index in [4.69, 9.17) is 0 Å². The third kappa shape index (κ3) is 4.12. The number of benzene rings is 3. The lowest BCUT2D eigenvalue weighted by Gasteiger charge is -2.22. The predicted molar refractivity (Wildman–Crippen MR) is 121 cm³/mol. The molecule has 0 bridgehead atoms. The van der Waals surface area contributed by atoms with Crippen LogP contribution in [0.5, 0.6) is 0 Å². The van der Waals surface area contributed by atoms with Gasteiger partial charge >= 0.3 is 0 Å². The highest BCUT2D eigenvalue weighted by molar-refractivity contribution is 5.66. The van der Waals surface area contributed by atoms with Gasteiger partial charge in [-0.25, -0.2) is 0 Å². The van der Waals surface area contributed by atoms with Crippen molar-refractivity contribution in [1.29, 1.82) is 0 Å². The van der Waals surface area contributed by atoms with E-state index < -0.39 is 0 Å². The minimum Gasteiger partial charge on any atom is -0.0989 e. The van der Waals surface area contributed by atoms with E-state index in [1.807, 2.05) is 0 Å². The lowest BCUT2D eigenvalue weighted by atomic mass is 9.83. The van der Waals surface area contributed by atoms with Crippen LogP contribution in [0, 0.1) is 13.8 Å². The molecule has 0 saturated carbocycles. The second-order valence-corrected chi connectivity index (χ2v) is 8.41. The molecule has 1 aliphatic rings. The van der Waals surface area contributed by atoms with E-state index in [-0.39, 0.29) is 0 Å². The van der Waals surface area contributed by atoms with E-state index >= 15 is 0 Å². The van der Waals surface area contributed by atoms with Crippen molar-refractivity contribution in [3.63, 3.8) is 0 Å². The summed E-state index contributed by atoms with van der Waals surface area (Å²) in [6, 6.07) is 24.8. The van der Waals surface area contributed by atoms with Gasteiger partial charge < -0.3 is 0 Å². The minimum absolute atomic E-state index is 0.461. The maximum absolute atomic E-state index is 4.56. The van der Waals surface area contributed by atoms with E-state index in [9.17, 15) is 0 Å². The van der Waals surface area contributed by atoms with Crippen LogP contribution in [-0.2, 0) is 12.8 Å². The zero-order valence-corrected chi connectivity index (χ0v) is 17.2. The topological polar surface area (TPSA) is 0 Å². The molecule has 0 nitrogen and oxygen atoms in total. The monoisotopic (exact) mass is 366 g/mol. The van der Waals surface area contributed by atoms with E-state index in [1.54, 1.807) is 0 Å². The summed E-state index contributed by atoms with van der Waals surface area (Å²) in [7, 11) is 0. The highest BCUT2D eigenvalue weighted by atomic mass is 14.3. The van der Waals surface area contributed by atoms with Gasteiger partial charge in [0, 0.05) is 5.92 Å². The van der Waals surface area contributed by atoms with Gasteiger partial charge in [0.15, 0.2) is 0 Å². The zero-order valence-electron chi connectivity index (χ0n) is 17.2. The fourth-order valence-electron chi connectivity index (χ4n) is 4.60. The van der Waals surface area contributed by atoms with Gasteiger partial charge in [0.05, 0.1) is 0 Å². The smallest absolute Gasteiger partial charge is 0.00517 e. The molecule has 1 aliphatic carbocycles. The van der Waals surface area contributed by atoms with Crippen molar-refractivity contribution >= 4 is 0 Å². The van der Waals surface area contributed by atoms with Gasteiger partial charge in [-0.1, -0.05) is 96.4 Å². The van der Waals surface area contributed by atoms with Crippen LogP contribution in [0.2, 0.25) is 0 Å². The van der Waals surface area contributed by atoms with Crippen molar-refractivity contribution in [1.82, 2.24) is 0 Å². The van der Waals surface area contributed by atoms with Crippen LogP contribution in [0.3, 0.4) is 0 Å². The molecule has 0 aromatic heterocycles. The molecular formula is C28H30. The third-order valence-corrected chi connectivity index (χ3v) is 6.07. The molecule has 0 saturated heterocycles. The van der Waals surface area contributed by atoms with Crippen molar-refractivity contribution in [2.24, 2.45) is 0 Å². The number of aryl methyl sites for hydroxylation is 3. The van der Waals surface area contributed by atoms with Gasteiger partial charge in [-0.05, 0) is 67.3 Å². The van der Waals surface area contributed by atoms with Gasteiger partial charge in [-0.3, -0.25) is 0 Å². The lowest BCUT2D eigenvalue weighted by molar-refractivity contribution is 0.643. The largest absolute Gasteiger partial charge is 0.0989 e. The fourth-order valence-corrected chi connectivity index (χ4v) is 4.60. The summed E-state index contributed by atoms with van der Waals surface area (Å²) in [6.45, 7) is 8.89. The van der Waals surface area contributed by atoms with Crippen molar-refractivity contribution in [3.8, 4) is 11.1 Å². The molecule has 1 unspecified atom stereocenters. The second kappa shape index (κ2) is 8.19. The Kier molecular flexibility index (Phi) is 5.48. The molecule has 0 heteroatoms. The van der Waals surface area contributed by atoms with Crippen molar-refractivity contribution in [2.45, 2.75) is 51.9 Å². The molecule has 0 fully saturated rings. The van der Waals surface area contributed by atoms with Gasteiger partial charge in [0.1, 0.15) is 0 Å². The van der Waals surface area contributed by atoms with Crippen LogP contribution >= 0.6 is 0 Å². The van der Waals surface area contributed by atoms with E-state index in [0.717, 1.165) is 6.42 Å². The van der Waals surface area contributed by atoms with Gasteiger partial charge in [0.2, 0.25) is 0 Å². The quantitative estimate of drug-likeness (QED) is 0.330. The maximum atomic E-state index is 4.56. The van der Waals surface area contributed by atoms with Crippen LogP contribution in [0.15, 0.2) is 78.9 Å². The van der Waals surface area contributed by atoms with E-state index in [2.05, 4.69) is 87.2 Å². The normalized spacial score (nSPS) is 16.3. The summed E-state index contributed by atoms with van der Waals surface area (Å²) < 4.78 is 0. The highest BCUT2D eigenvalue weighted by Gasteiger charge is 2.22. The SMILES string of the molecule is C=C(Cc1cccc(C)c1)C1CCCCc2ccc(-c3cccc(C)c3)cc21. The van der Waals surface area contributed by atoms with Crippen LogP contribution in [-0.4, -0.2) is 0 Å². The fraction of sp³-hybridized carbons (Fsp3) is 0.286. The molecule has 142 valence electrons. The molecule has 0 heterocycles. The molecule has 1 atom stereocenters. The molecule has 0 amide bonds. The molecule has 0 radical (unpaired) electrons. The first kappa shape index (κ1) is 18.7. The number of allylic oxidation sites excluding steroid dienone is 1. The van der Waals surface area contributed by atoms with Crippen LogP contribution in [0.1, 0.15) is 53.0 Å². The summed E-state index contributed by atoms with van der Waals surface area (Å²) in [6.07, 6.45) is 5.95.